The van der Waals surface area contributed by atoms with Crippen LogP contribution in [0.15, 0.2) is 30.3 Å². The van der Waals surface area contributed by atoms with E-state index in [1.165, 1.54) is 24.8 Å². The van der Waals surface area contributed by atoms with Crippen LogP contribution in [0.2, 0.25) is 0 Å². The standard InChI is InChI=1S/C15H23N/c1-3-7-13(2)10-15(11-16-12-15)14-8-5-4-6-9-14/h4-6,8-9,13,16H,3,7,10-12H2,1-2H3. The monoisotopic (exact) mass is 217 g/mol. The smallest absolute Gasteiger partial charge is 0.0205 e. The zero-order valence-electron chi connectivity index (χ0n) is 10.5. The van der Waals surface area contributed by atoms with Crippen LogP contribution < -0.4 is 5.32 Å². The second-order valence-corrected chi connectivity index (χ2v) is 5.35. The lowest BCUT2D eigenvalue weighted by Crippen LogP contribution is -2.57. The summed E-state index contributed by atoms with van der Waals surface area (Å²) in [6, 6.07) is 11.0. The van der Waals surface area contributed by atoms with Gasteiger partial charge in [0.1, 0.15) is 0 Å². The molecule has 1 saturated heterocycles. The minimum atomic E-state index is 0.426. The highest BCUT2D eigenvalue weighted by Gasteiger charge is 2.39. The lowest BCUT2D eigenvalue weighted by atomic mass is 9.69. The SMILES string of the molecule is CCCC(C)CC1(c2ccccc2)CNC1. The highest BCUT2D eigenvalue weighted by Crippen LogP contribution is 2.36. The van der Waals surface area contributed by atoms with Crippen molar-refractivity contribution in [3.63, 3.8) is 0 Å². The van der Waals surface area contributed by atoms with Crippen LogP contribution in [0.3, 0.4) is 0 Å². The summed E-state index contributed by atoms with van der Waals surface area (Å²) in [6.07, 6.45) is 3.99. The van der Waals surface area contributed by atoms with Gasteiger partial charge in [-0.05, 0) is 17.9 Å². The molecule has 0 aromatic heterocycles. The molecule has 2 rings (SSSR count). The Bertz CT molecular complexity index is 313. The van der Waals surface area contributed by atoms with Gasteiger partial charge in [0.15, 0.2) is 0 Å². The lowest BCUT2D eigenvalue weighted by molar-refractivity contribution is 0.218. The van der Waals surface area contributed by atoms with E-state index in [4.69, 9.17) is 0 Å². The van der Waals surface area contributed by atoms with E-state index in [0.29, 0.717) is 5.41 Å². The molecule has 16 heavy (non-hydrogen) atoms. The van der Waals surface area contributed by atoms with E-state index in [1.54, 1.807) is 0 Å². The maximum atomic E-state index is 3.45. The molecule has 1 fully saturated rings. The van der Waals surface area contributed by atoms with Crippen LogP contribution >= 0.6 is 0 Å². The zero-order valence-corrected chi connectivity index (χ0v) is 10.5. The maximum absolute atomic E-state index is 3.45. The first-order valence-corrected chi connectivity index (χ1v) is 6.53. The van der Waals surface area contributed by atoms with Gasteiger partial charge in [-0.1, -0.05) is 57.0 Å². The van der Waals surface area contributed by atoms with Gasteiger partial charge in [0.2, 0.25) is 0 Å². The fourth-order valence-corrected chi connectivity index (χ4v) is 2.95. The minimum absolute atomic E-state index is 0.426. The molecule has 1 heteroatoms. The summed E-state index contributed by atoms with van der Waals surface area (Å²) in [5.74, 6) is 0.840. The number of benzene rings is 1. The van der Waals surface area contributed by atoms with Crippen LogP contribution in [-0.2, 0) is 5.41 Å². The molecule has 1 unspecified atom stereocenters. The summed E-state index contributed by atoms with van der Waals surface area (Å²) in [5.41, 5.74) is 1.95. The molecule has 1 nitrogen and oxygen atoms in total. The molecule has 1 aromatic rings. The third kappa shape index (κ3) is 2.30. The van der Waals surface area contributed by atoms with Crippen LogP contribution in [0.25, 0.3) is 0 Å². The highest BCUT2D eigenvalue weighted by atomic mass is 15.0. The van der Waals surface area contributed by atoms with E-state index in [9.17, 15) is 0 Å². The second kappa shape index (κ2) is 5.01. The molecule has 1 N–H and O–H groups in total. The Morgan fingerprint density at radius 2 is 1.94 bits per heavy atom. The van der Waals surface area contributed by atoms with Gasteiger partial charge < -0.3 is 5.32 Å². The van der Waals surface area contributed by atoms with Crippen molar-refractivity contribution >= 4 is 0 Å². The van der Waals surface area contributed by atoms with Crippen LogP contribution in [0.5, 0.6) is 0 Å². The molecular weight excluding hydrogens is 194 g/mol. The Morgan fingerprint density at radius 1 is 1.25 bits per heavy atom. The summed E-state index contributed by atoms with van der Waals surface area (Å²) >= 11 is 0. The van der Waals surface area contributed by atoms with E-state index < -0.39 is 0 Å². The van der Waals surface area contributed by atoms with Gasteiger partial charge in [-0.25, -0.2) is 0 Å². The predicted octanol–water partition coefficient (Wildman–Crippen LogP) is 3.35. The van der Waals surface area contributed by atoms with E-state index in [2.05, 4.69) is 49.5 Å². The van der Waals surface area contributed by atoms with E-state index in [1.807, 2.05) is 0 Å². The Balaban J connectivity index is 2.08. The Kier molecular flexibility index (Phi) is 3.65. The van der Waals surface area contributed by atoms with Crippen molar-refractivity contribution < 1.29 is 0 Å². The maximum Gasteiger partial charge on any atom is 0.0205 e. The fraction of sp³-hybridized carbons (Fsp3) is 0.600. The summed E-state index contributed by atoms with van der Waals surface area (Å²) in [4.78, 5) is 0. The molecule has 0 aliphatic carbocycles. The number of nitrogens with one attached hydrogen (secondary N) is 1. The second-order valence-electron chi connectivity index (χ2n) is 5.35. The normalized spacial score (nSPS) is 20.1. The summed E-state index contributed by atoms with van der Waals surface area (Å²) in [7, 11) is 0. The van der Waals surface area contributed by atoms with Gasteiger partial charge in [-0.2, -0.15) is 0 Å². The summed E-state index contributed by atoms with van der Waals surface area (Å²) in [6.45, 7) is 6.99. The first kappa shape index (κ1) is 11.7. The average molecular weight is 217 g/mol. The van der Waals surface area contributed by atoms with Crippen molar-refractivity contribution in [2.75, 3.05) is 13.1 Å². The Labute approximate surface area is 99.3 Å². The van der Waals surface area contributed by atoms with Crippen molar-refractivity contribution in [2.45, 2.75) is 38.5 Å². The third-order valence-electron chi connectivity index (χ3n) is 3.83. The molecule has 1 heterocycles. The molecule has 0 amide bonds. The van der Waals surface area contributed by atoms with Crippen LogP contribution in [-0.4, -0.2) is 13.1 Å². The molecule has 1 aliphatic heterocycles. The lowest BCUT2D eigenvalue weighted by Gasteiger charge is -2.45. The van der Waals surface area contributed by atoms with Gasteiger partial charge in [-0.3, -0.25) is 0 Å². The Hall–Kier alpha value is -0.820. The summed E-state index contributed by atoms with van der Waals surface area (Å²) < 4.78 is 0. The minimum Gasteiger partial charge on any atom is -0.315 e. The topological polar surface area (TPSA) is 12.0 Å². The molecule has 0 radical (unpaired) electrons. The van der Waals surface area contributed by atoms with E-state index in [-0.39, 0.29) is 0 Å². The molecule has 88 valence electrons. The van der Waals surface area contributed by atoms with Crippen LogP contribution in [0.4, 0.5) is 0 Å². The molecule has 0 spiro atoms. The number of hydrogen-bond donors (Lipinski definition) is 1. The highest BCUT2D eigenvalue weighted by molar-refractivity contribution is 5.29. The van der Waals surface area contributed by atoms with E-state index in [0.717, 1.165) is 19.0 Å². The van der Waals surface area contributed by atoms with E-state index >= 15 is 0 Å². The molecule has 0 saturated carbocycles. The van der Waals surface area contributed by atoms with Crippen molar-refractivity contribution in [3.8, 4) is 0 Å². The van der Waals surface area contributed by atoms with Crippen molar-refractivity contribution in [3.05, 3.63) is 35.9 Å². The summed E-state index contributed by atoms with van der Waals surface area (Å²) in [5, 5.41) is 3.45. The number of hydrogen-bond acceptors (Lipinski definition) is 1. The first-order chi connectivity index (χ1) is 7.77. The van der Waals surface area contributed by atoms with Gasteiger partial charge in [0.05, 0.1) is 0 Å². The molecule has 0 bridgehead atoms. The van der Waals surface area contributed by atoms with Gasteiger partial charge in [0, 0.05) is 18.5 Å². The Morgan fingerprint density at radius 3 is 2.44 bits per heavy atom. The number of rotatable bonds is 5. The van der Waals surface area contributed by atoms with Gasteiger partial charge >= 0.3 is 0 Å². The van der Waals surface area contributed by atoms with Crippen LogP contribution in [0.1, 0.15) is 38.7 Å². The van der Waals surface area contributed by atoms with Crippen LogP contribution in [0, 0.1) is 5.92 Å². The zero-order chi connectivity index (χ0) is 11.4. The third-order valence-corrected chi connectivity index (χ3v) is 3.83. The molecule has 1 aromatic carbocycles. The predicted molar refractivity (Wildman–Crippen MR) is 69.7 cm³/mol. The van der Waals surface area contributed by atoms with Crippen molar-refractivity contribution in [1.29, 1.82) is 0 Å². The quantitative estimate of drug-likeness (QED) is 0.797. The average Bonchev–Trinajstić information content (AvgIpc) is 2.25. The molecule has 1 atom stereocenters. The van der Waals surface area contributed by atoms with Gasteiger partial charge in [0.25, 0.3) is 0 Å². The fourth-order valence-electron chi connectivity index (χ4n) is 2.95. The van der Waals surface area contributed by atoms with Gasteiger partial charge in [-0.15, -0.1) is 0 Å². The first-order valence-electron chi connectivity index (χ1n) is 6.53. The molecule has 1 aliphatic rings. The largest absolute Gasteiger partial charge is 0.315 e. The van der Waals surface area contributed by atoms with Crippen molar-refractivity contribution in [1.82, 2.24) is 5.32 Å². The van der Waals surface area contributed by atoms with Crippen molar-refractivity contribution in [2.24, 2.45) is 5.92 Å². The molecular formula is C15H23N.